The number of imidazole rings is 1. The maximum absolute atomic E-state index is 14.2. The van der Waals surface area contributed by atoms with Gasteiger partial charge in [0.15, 0.2) is 0 Å². The Labute approximate surface area is 153 Å². The molecule has 138 valence electrons. The number of nitrogens with one attached hydrogen (secondary N) is 1. The van der Waals surface area contributed by atoms with E-state index in [1.807, 2.05) is 0 Å². The molecule has 3 aromatic rings. The topological polar surface area (TPSA) is 99.3 Å². The number of nitro benzene ring substituents is 1. The van der Waals surface area contributed by atoms with Crippen molar-refractivity contribution in [3.05, 3.63) is 77.1 Å². The fourth-order valence-electron chi connectivity index (χ4n) is 2.34. The number of aromatic nitrogens is 2. The Bertz CT molecular complexity index is 943. The van der Waals surface area contributed by atoms with Crippen molar-refractivity contribution >= 4 is 17.3 Å². The lowest BCUT2D eigenvalue weighted by Crippen LogP contribution is -2.15. The van der Waals surface area contributed by atoms with Gasteiger partial charge in [-0.05, 0) is 30.3 Å². The molecule has 0 bridgehead atoms. The molecule has 0 spiro atoms. The van der Waals surface area contributed by atoms with Gasteiger partial charge < -0.3 is 14.6 Å². The van der Waals surface area contributed by atoms with Crippen molar-refractivity contribution in [2.24, 2.45) is 0 Å². The molecular formula is C18H15FN4O4. The van der Waals surface area contributed by atoms with E-state index in [0.717, 1.165) is 0 Å². The summed E-state index contributed by atoms with van der Waals surface area (Å²) in [5, 5.41) is 13.2. The number of nitro groups is 1. The average Bonchev–Trinajstić information content (AvgIpc) is 3.16. The van der Waals surface area contributed by atoms with E-state index in [1.165, 1.54) is 41.2 Å². The van der Waals surface area contributed by atoms with Crippen molar-refractivity contribution in [1.29, 1.82) is 0 Å². The van der Waals surface area contributed by atoms with E-state index in [0.29, 0.717) is 17.1 Å². The molecule has 0 aliphatic heterocycles. The Kier molecular flexibility index (Phi) is 5.41. The van der Waals surface area contributed by atoms with Crippen LogP contribution in [-0.4, -0.2) is 27.0 Å². The summed E-state index contributed by atoms with van der Waals surface area (Å²) in [7, 11) is 0. The van der Waals surface area contributed by atoms with Gasteiger partial charge in [0.25, 0.3) is 5.69 Å². The maximum atomic E-state index is 14.2. The lowest BCUT2D eigenvalue weighted by molar-refractivity contribution is -0.384. The Hall–Kier alpha value is -3.75. The molecule has 1 heterocycles. The first-order chi connectivity index (χ1) is 13.0. The van der Waals surface area contributed by atoms with Gasteiger partial charge in [-0.1, -0.05) is 0 Å². The van der Waals surface area contributed by atoms with E-state index in [9.17, 15) is 19.3 Å². The maximum Gasteiger partial charge on any atom is 0.269 e. The van der Waals surface area contributed by atoms with Gasteiger partial charge >= 0.3 is 0 Å². The van der Waals surface area contributed by atoms with Crippen molar-refractivity contribution in [2.75, 3.05) is 11.9 Å². The molecule has 1 aromatic heterocycles. The molecule has 27 heavy (non-hydrogen) atoms. The second kappa shape index (κ2) is 8.09. The van der Waals surface area contributed by atoms with Crippen molar-refractivity contribution in [3.63, 3.8) is 0 Å². The van der Waals surface area contributed by atoms with Gasteiger partial charge in [-0.2, -0.15) is 0 Å². The molecule has 0 fully saturated rings. The Morgan fingerprint density at radius 3 is 2.67 bits per heavy atom. The number of anilines is 1. The van der Waals surface area contributed by atoms with Crippen LogP contribution in [0.1, 0.15) is 6.42 Å². The molecule has 0 aliphatic rings. The summed E-state index contributed by atoms with van der Waals surface area (Å²) < 4.78 is 21.1. The van der Waals surface area contributed by atoms with Crippen LogP contribution in [0, 0.1) is 15.9 Å². The molecule has 0 aliphatic carbocycles. The zero-order valence-electron chi connectivity index (χ0n) is 14.0. The van der Waals surface area contributed by atoms with Gasteiger partial charge in [0.05, 0.1) is 30.0 Å². The third-order valence-electron chi connectivity index (χ3n) is 3.66. The second-order valence-electron chi connectivity index (χ2n) is 5.53. The quantitative estimate of drug-likeness (QED) is 0.508. The minimum atomic E-state index is -0.506. The lowest BCUT2D eigenvalue weighted by atomic mass is 10.2. The number of hydrogen-bond donors (Lipinski definition) is 1. The predicted octanol–water partition coefficient (Wildman–Crippen LogP) is 3.33. The molecule has 8 nitrogen and oxygen atoms in total. The number of carbonyl (C=O) groups is 1. The number of non-ortho nitro benzene ring substituents is 1. The van der Waals surface area contributed by atoms with E-state index in [4.69, 9.17) is 4.74 Å². The largest absolute Gasteiger partial charge is 0.493 e. The highest BCUT2D eigenvalue weighted by molar-refractivity contribution is 5.90. The average molecular weight is 370 g/mol. The summed E-state index contributed by atoms with van der Waals surface area (Å²) in [6.07, 6.45) is 4.68. The number of carbonyl (C=O) groups excluding carboxylic acids is 1. The molecule has 0 saturated heterocycles. The van der Waals surface area contributed by atoms with Crippen LogP contribution in [0.4, 0.5) is 15.8 Å². The number of rotatable bonds is 7. The number of ether oxygens (including phenoxy) is 1. The van der Waals surface area contributed by atoms with E-state index >= 15 is 0 Å². The van der Waals surface area contributed by atoms with Crippen LogP contribution < -0.4 is 10.1 Å². The smallest absolute Gasteiger partial charge is 0.269 e. The summed E-state index contributed by atoms with van der Waals surface area (Å²) >= 11 is 0. The van der Waals surface area contributed by atoms with Crippen LogP contribution in [0.3, 0.4) is 0 Å². The van der Waals surface area contributed by atoms with Crippen molar-refractivity contribution in [3.8, 4) is 11.4 Å². The molecule has 0 atom stereocenters. The SMILES string of the molecule is O=C(CCOc1ccc([N+](=O)[O-])cc1)Nc1ccc(-n2ccnc2)c(F)c1. The summed E-state index contributed by atoms with van der Waals surface area (Å²) in [4.78, 5) is 25.9. The van der Waals surface area contributed by atoms with Crippen LogP contribution in [0.5, 0.6) is 5.75 Å². The fraction of sp³-hybridized carbons (Fsp3) is 0.111. The fourth-order valence-corrected chi connectivity index (χ4v) is 2.34. The van der Waals surface area contributed by atoms with Crippen LogP contribution in [0.25, 0.3) is 5.69 Å². The summed E-state index contributed by atoms with van der Waals surface area (Å²) in [5.41, 5.74) is 0.616. The zero-order chi connectivity index (χ0) is 19.2. The third kappa shape index (κ3) is 4.66. The van der Waals surface area contributed by atoms with Crippen molar-refractivity contribution in [1.82, 2.24) is 9.55 Å². The highest BCUT2D eigenvalue weighted by Crippen LogP contribution is 2.19. The minimum absolute atomic E-state index is 0.0405. The van der Waals surface area contributed by atoms with Gasteiger partial charge in [0.1, 0.15) is 11.6 Å². The summed E-state index contributed by atoms with van der Waals surface area (Å²) in [6, 6.07) is 9.92. The molecule has 1 N–H and O–H groups in total. The second-order valence-corrected chi connectivity index (χ2v) is 5.53. The van der Waals surface area contributed by atoms with Gasteiger partial charge in [-0.3, -0.25) is 14.9 Å². The van der Waals surface area contributed by atoms with E-state index in [-0.39, 0.29) is 24.6 Å². The van der Waals surface area contributed by atoms with Gasteiger partial charge in [0, 0.05) is 30.2 Å². The molecule has 0 saturated carbocycles. The van der Waals surface area contributed by atoms with Gasteiger partial charge in [-0.25, -0.2) is 9.37 Å². The minimum Gasteiger partial charge on any atom is -0.493 e. The Balaban J connectivity index is 1.50. The van der Waals surface area contributed by atoms with E-state index < -0.39 is 10.7 Å². The summed E-state index contributed by atoms with van der Waals surface area (Å²) in [6.45, 7) is 0.0826. The molecule has 2 aromatic carbocycles. The Morgan fingerprint density at radius 2 is 2.04 bits per heavy atom. The molecule has 0 radical (unpaired) electrons. The highest BCUT2D eigenvalue weighted by atomic mass is 19.1. The summed E-state index contributed by atoms with van der Waals surface area (Å²) in [5.74, 6) is -0.413. The van der Waals surface area contributed by atoms with Gasteiger partial charge in [0.2, 0.25) is 5.91 Å². The van der Waals surface area contributed by atoms with E-state index in [2.05, 4.69) is 10.3 Å². The number of nitrogens with zero attached hydrogens (tertiary/aromatic N) is 3. The number of benzene rings is 2. The van der Waals surface area contributed by atoms with Crippen LogP contribution in [0.2, 0.25) is 0 Å². The predicted molar refractivity (Wildman–Crippen MR) is 95.4 cm³/mol. The first kappa shape index (κ1) is 18.1. The van der Waals surface area contributed by atoms with Crippen LogP contribution >= 0.6 is 0 Å². The normalized spacial score (nSPS) is 10.4. The monoisotopic (exact) mass is 370 g/mol. The van der Waals surface area contributed by atoms with E-state index in [1.54, 1.807) is 24.5 Å². The van der Waals surface area contributed by atoms with Crippen LogP contribution in [0.15, 0.2) is 61.2 Å². The molecule has 3 rings (SSSR count). The first-order valence-corrected chi connectivity index (χ1v) is 7.98. The number of halogens is 1. The first-order valence-electron chi connectivity index (χ1n) is 7.98. The van der Waals surface area contributed by atoms with Crippen molar-refractivity contribution in [2.45, 2.75) is 6.42 Å². The zero-order valence-corrected chi connectivity index (χ0v) is 14.0. The lowest BCUT2D eigenvalue weighted by Gasteiger charge is -2.09. The molecule has 0 unspecified atom stereocenters. The third-order valence-corrected chi connectivity index (χ3v) is 3.66. The molecule has 9 heteroatoms. The molecular weight excluding hydrogens is 355 g/mol. The standard InChI is InChI=1S/C18H15FN4O4/c19-16-11-13(1-6-17(16)22-9-8-20-12-22)21-18(24)7-10-27-15-4-2-14(3-5-15)23(25)26/h1-6,8-9,11-12H,7,10H2,(H,21,24). The highest BCUT2D eigenvalue weighted by Gasteiger charge is 2.09. The Morgan fingerprint density at radius 1 is 1.26 bits per heavy atom. The van der Waals surface area contributed by atoms with Gasteiger partial charge in [-0.15, -0.1) is 0 Å². The number of hydrogen-bond acceptors (Lipinski definition) is 5. The number of amides is 1. The van der Waals surface area contributed by atoms with Crippen molar-refractivity contribution < 1.29 is 18.8 Å². The molecule has 1 amide bonds. The van der Waals surface area contributed by atoms with Crippen LogP contribution in [-0.2, 0) is 4.79 Å².